The van der Waals surface area contributed by atoms with Crippen LogP contribution in [0, 0.1) is 24.7 Å². The summed E-state index contributed by atoms with van der Waals surface area (Å²) in [6, 6.07) is 9.35. The second kappa shape index (κ2) is 9.49. The number of benzene rings is 1. The van der Waals surface area contributed by atoms with Crippen molar-refractivity contribution in [2.24, 2.45) is 17.8 Å². The van der Waals surface area contributed by atoms with Gasteiger partial charge in [0.05, 0.1) is 0 Å². The molecule has 0 aliphatic heterocycles. The maximum atomic E-state index is 2.88. The molecule has 1 aromatic carbocycles. The Balaban J connectivity index is 1.51. The van der Waals surface area contributed by atoms with E-state index < -0.39 is 15.2 Å². The van der Waals surface area contributed by atoms with E-state index in [1.807, 2.05) is 0 Å². The monoisotopic (exact) mass is 454 g/mol. The highest BCUT2D eigenvalue weighted by molar-refractivity contribution is 7.41. The van der Waals surface area contributed by atoms with Crippen molar-refractivity contribution in [2.75, 3.05) is 0 Å². The number of hydrogen-bond donors (Lipinski definition) is 0. The molecular formula is C29H50Si2. The van der Waals surface area contributed by atoms with Gasteiger partial charge in [0.1, 0.15) is 0 Å². The highest BCUT2D eigenvalue weighted by Crippen LogP contribution is 2.60. The summed E-state index contributed by atoms with van der Waals surface area (Å²) in [7, 11) is -2.43. The zero-order valence-electron chi connectivity index (χ0n) is 21.6. The van der Waals surface area contributed by atoms with Crippen LogP contribution in [0.2, 0.25) is 37.3 Å². The van der Waals surface area contributed by atoms with Crippen LogP contribution >= 0.6 is 0 Å². The molecule has 0 aromatic heterocycles. The molecule has 0 spiro atoms. The van der Waals surface area contributed by atoms with Gasteiger partial charge >= 0.3 is 0 Å². The summed E-state index contributed by atoms with van der Waals surface area (Å²) in [5.41, 5.74) is 5.49. The first-order chi connectivity index (χ1) is 14.8. The van der Waals surface area contributed by atoms with Crippen LogP contribution in [0.4, 0.5) is 0 Å². The van der Waals surface area contributed by atoms with Crippen molar-refractivity contribution in [2.45, 2.75) is 128 Å². The van der Waals surface area contributed by atoms with Gasteiger partial charge in [0.2, 0.25) is 0 Å². The van der Waals surface area contributed by atoms with E-state index in [0.29, 0.717) is 0 Å². The standard InChI is InChI=1S/C29H50Si2/c1-7-8-13-23-17-18-24(21-23)30(3,4)31(5,6)29-20-19-27-26(15-11-16-28(27)29)25-14-10-9-12-22(25)2/h9-10,12,14,23-24,26-29H,7-8,11,13,15-21H2,1-6H3. The Morgan fingerprint density at radius 3 is 2.35 bits per heavy atom. The van der Waals surface area contributed by atoms with Crippen molar-refractivity contribution in [3.05, 3.63) is 35.4 Å². The Bertz CT molecular complexity index is 736. The largest absolute Gasteiger partial charge is 0.0711 e. The van der Waals surface area contributed by atoms with Gasteiger partial charge in [0.15, 0.2) is 0 Å². The molecule has 31 heavy (non-hydrogen) atoms. The average molecular weight is 455 g/mol. The smallest absolute Gasteiger partial charge is 0.0448 e. The zero-order valence-corrected chi connectivity index (χ0v) is 23.6. The minimum Gasteiger partial charge on any atom is -0.0711 e. The lowest BCUT2D eigenvalue weighted by molar-refractivity contribution is 0.236. The van der Waals surface area contributed by atoms with Crippen LogP contribution in [0.3, 0.4) is 0 Å². The Hall–Kier alpha value is -0.346. The van der Waals surface area contributed by atoms with E-state index in [-0.39, 0.29) is 0 Å². The first-order valence-electron chi connectivity index (χ1n) is 13.8. The van der Waals surface area contributed by atoms with E-state index >= 15 is 0 Å². The normalized spacial score (nSPS) is 34.1. The van der Waals surface area contributed by atoms with Gasteiger partial charge in [-0.25, -0.2) is 0 Å². The molecule has 0 saturated heterocycles. The van der Waals surface area contributed by atoms with Gasteiger partial charge in [0, 0.05) is 15.2 Å². The predicted molar refractivity (Wildman–Crippen MR) is 143 cm³/mol. The second-order valence-electron chi connectivity index (χ2n) is 12.9. The molecule has 3 fully saturated rings. The zero-order chi connectivity index (χ0) is 22.2. The summed E-state index contributed by atoms with van der Waals surface area (Å²) < 4.78 is 0. The number of fused-ring (bicyclic) bond motifs is 1. The van der Waals surface area contributed by atoms with Crippen LogP contribution in [-0.4, -0.2) is 15.2 Å². The van der Waals surface area contributed by atoms with Gasteiger partial charge in [-0.2, -0.15) is 0 Å². The summed E-state index contributed by atoms with van der Waals surface area (Å²) in [4.78, 5) is 0. The van der Waals surface area contributed by atoms with E-state index in [1.165, 1.54) is 38.5 Å². The molecular weight excluding hydrogens is 404 g/mol. The van der Waals surface area contributed by atoms with Crippen LogP contribution in [0.15, 0.2) is 24.3 Å². The maximum absolute atomic E-state index is 2.88. The molecule has 3 aliphatic rings. The molecule has 6 atom stereocenters. The second-order valence-corrected chi connectivity index (χ2v) is 29.0. The minimum atomic E-state index is -1.24. The fraction of sp³-hybridized carbons (Fsp3) is 0.793. The number of unbranched alkanes of at least 4 members (excludes halogenated alkanes) is 1. The Labute approximate surface area is 195 Å². The van der Waals surface area contributed by atoms with Gasteiger partial charge in [-0.3, -0.25) is 0 Å². The van der Waals surface area contributed by atoms with Gasteiger partial charge in [0.25, 0.3) is 0 Å². The summed E-state index contributed by atoms with van der Waals surface area (Å²) in [5, 5.41) is 0. The predicted octanol–water partition coefficient (Wildman–Crippen LogP) is 9.51. The highest BCUT2D eigenvalue weighted by Gasteiger charge is 2.57. The third-order valence-electron chi connectivity index (χ3n) is 11.2. The van der Waals surface area contributed by atoms with Gasteiger partial charge in [-0.15, -0.1) is 0 Å². The molecule has 0 heterocycles. The molecule has 3 saturated carbocycles. The molecule has 4 rings (SSSR count). The quantitative estimate of drug-likeness (QED) is 0.360. The van der Waals surface area contributed by atoms with E-state index in [1.54, 1.807) is 43.2 Å². The lowest BCUT2D eigenvalue weighted by atomic mass is 9.70. The molecule has 174 valence electrons. The number of rotatable bonds is 7. The lowest BCUT2D eigenvalue weighted by Gasteiger charge is -2.50. The fourth-order valence-corrected chi connectivity index (χ4v) is 22.7. The van der Waals surface area contributed by atoms with Crippen molar-refractivity contribution in [3.63, 3.8) is 0 Å². The molecule has 3 aliphatic carbocycles. The Kier molecular flexibility index (Phi) is 7.29. The molecule has 0 N–H and O–H groups in total. The lowest BCUT2D eigenvalue weighted by Crippen LogP contribution is -2.61. The summed E-state index contributed by atoms with van der Waals surface area (Å²) in [5.74, 6) is 3.95. The topological polar surface area (TPSA) is 0 Å². The van der Waals surface area contributed by atoms with Crippen LogP contribution in [0.25, 0.3) is 0 Å². The Morgan fingerprint density at radius 1 is 0.839 bits per heavy atom. The summed E-state index contributed by atoms with van der Waals surface area (Å²) in [6.45, 7) is 16.2. The SMILES string of the molecule is CCCCC1CCC([Si](C)(C)[Si](C)(C)C2CCC3C(c4ccccc4C)CCCC32)C1. The number of aryl methyl sites for hydroxylation is 1. The van der Waals surface area contributed by atoms with E-state index in [0.717, 1.165) is 34.8 Å². The van der Waals surface area contributed by atoms with Gasteiger partial charge < -0.3 is 0 Å². The molecule has 0 radical (unpaired) electrons. The van der Waals surface area contributed by atoms with Crippen LogP contribution in [0.1, 0.15) is 94.6 Å². The van der Waals surface area contributed by atoms with Gasteiger partial charge in [-0.1, -0.05) is 115 Å². The molecule has 1 aromatic rings. The van der Waals surface area contributed by atoms with E-state index in [4.69, 9.17) is 0 Å². The first-order valence-corrected chi connectivity index (χ1v) is 21.0. The summed E-state index contributed by atoms with van der Waals surface area (Å²) >= 11 is 0. The van der Waals surface area contributed by atoms with Crippen molar-refractivity contribution >= 4 is 15.2 Å². The molecule has 6 unspecified atom stereocenters. The van der Waals surface area contributed by atoms with E-state index in [2.05, 4.69) is 64.3 Å². The summed E-state index contributed by atoms with van der Waals surface area (Å²) in [6.07, 6.45) is 16.7. The maximum Gasteiger partial charge on any atom is 0.0448 e. The van der Waals surface area contributed by atoms with Crippen molar-refractivity contribution in [1.82, 2.24) is 0 Å². The number of hydrogen-bond acceptors (Lipinski definition) is 0. The Morgan fingerprint density at radius 2 is 1.61 bits per heavy atom. The third kappa shape index (κ3) is 4.42. The van der Waals surface area contributed by atoms with Crippen molar-refractivity contribution in [1.29, 1.82) is 0 Å². The third-order valence-corrected chi connectivity index (χ3v) is 31.9. The van der Waals surface area contributed by atoms with Crippen molar-refractivity contribution < 1.29 is 0 Å². The first kappa shape index (κ1) is 23.8. The molecule has 0 amide bonds. The fourth-order valence-electron chi connectivity index (χ4n) is 8.58. The van der Waals surface area contributed by atoms with Crippen molar-refractivity contribution in [3.8, 4) is 0 Å². The van der Waals surface area contributed by atoms with E-state index in [9.17, 15) is 0 Å². The molecule has 0 bridgehead atoms. The van der Waals surface area contributed by atoms with Gasteiger partial charge in [-0.05, 0) is 65.6 Å². The average Bonchev–Trinajstić information content (AvgIpc) is 3.40. The van der Waals surface area contributed by atoms with Crippen LogP contribution in [-0.2, 0) is 0 Å². The molecule has 2 heteroatoms. The van der Waals surface area contributed by atoms with Crippen LogP contribution < -0.4 is 0 Å². The minimum absolute atomic E-state index is 0.851. The van der Waals surface area contributed by atoms with Crippen LogP contribution in [0.5, 0.6) is 0 Å². The molecule has 0 nitrogen and oxygen atoms in total. The highest BCUT2D eigenvalue weighted by atomic mass is 29.3.